The molecule has 0 amide bonds. The van der Waals surface area contributed by atoms with Gasteiger partial charge in [0.05, 0.1) is 10.1 Å². The van der Waals surface area contributed by atoms with Crippen molar-refractivity contribution < 1.29 is 8.42 Å². The highest BCUT2D eigenvalue weighted by Gasteiger charge is 2.25. The maximum Gasteiger partial charge on any atom is 0.184 e. The molecular formula is C13H16O2S. The van der Waals surface area contributed by atoms with Crippen molar-refractivity contribution in [2.24, 2.45) is 0 Å². The largest absolute Gasteiger partial charge is 0.223 e. The highest BCUT2D eigenvalue weighted by molar-refractivity contribution is 7.92. The lowest BCUT2D eigenvalue weighted by Crippen LogP contribution is -2.18. The van der Waals surface area contributed by atoms with Crippen LogP contribution in [0.5, 0.6) is 0 Å². The van der Waals surface area contributed by atoms with E-state index in [1.165, 1.54) is 0 Å². The molecule has 0 bridgehead atoms. The summed E-state index contributed by atoms with van der Waals surface area (Å²) >= 11 is 0. The van der Waals surface area contributed by atoms with Gasteiger partial charge >= 0.3 is 0 Å². The monoisotopic (exact) mass is 236 g/mol. The van der Waals surface area contributed by atoms with Crippen molar-refractivity contribution in [3.8, 4) is 0 Å². The van der Waals surface area contributed by atoms with Crippen molar-refractivity contribution in [1.29, 1.82) is 0 Å². The Morgan fingerprint density at radius 2 is 1.81 bits per heavy atom. The molecule has 0 saturated heterocycles. The zero-order valence-electron chi connectivity index (χ0n) is 9.17. The van der Waals surface area contributed by atoms with Gasteiger partial charge in [0.2, 0.25) is 0 Å². The van der Waals surface area contributed by atoms with E-state index in [9.17, 15) is 8.42 Å². The number of rotatable bonds is 2. The lowest BCUT2D eigenvalue weighted by Gasteiger charge is -2.12. The molecule has 0 radical (unpaired) electrons. The van der Waals surface area contributed by atoms with Gasteiger partial charge in [0, 0.05) is 0 Å². The minimum Gasteiger partial charge on any atom is -0.223 e. The average Bonchev–Trinajstić information content (AvgIpc) is 2.59. The van der Waals surface area contributed by atoms with E-state index in [1.54, 1.807) is 24.3 Å². The highest BCUT2D eigenvalue weighted by atomic mass is 32.2. The van der Waals surface area contributed by atoms with Gasteiger partial charge in [-0.1, -0.05) is 36.8 Å². The molecular weight excluding hydrogens is 220 g/mol. The Labute approximate surface area is 96.9 Å². The second-order valence-corrected chi connectivity index (χ2v) is 6.28. The quantitative estimate of drug-likeness (QED) is 0.740. The fourth-order valence-corrected chi connectivity index (χ4v) is 3.68. The molecule has 1 aliphatic carbocycles. The van der Waals surface area contributed by atoms with Gasteiger partial charge in [-0.25, -0.2) is 8.42 Å². The zero-order valence-corrected chi connectivity index (χ0v) is 9.99. The maximum atomic E-state index is 12.3. The van der Waals surface area contributed by atoms with E-state index in [-0.39, 0.29) is 5.25 Å². The molecule has 1 atom stereocenters. The molecule has 0 fully saturated rings. The summed E-state index contributed by atoms with van der Waals surface area (Å²) in [7, 11) is -3.17. The summed E-state index contributed by atoms with van der Waals surface area (Å²) in [4.78, 5) is 0.437. The Morgan fingerprint density at radius 1 is 1.06 bits per heavy atom. The molecule has 0 N–H and O–H groups in total. The Morgan fingerprint density at radius 3 is 2.56 bits per heavy atom. The summed E-state index contributed by atoms with van der Waals surface area (Å²) in [6, 6.07) is 8.73. The zero-order chi connectivity index (χ0) is 11.4. The van der Waals surface area contributed by atoms with E-state index in [1.807, 2.05) is 18.2 Å². The normalized spacial score (nSPS) is 21.6. The first-order valence-electron chi connectivity index (χ1n) is 5.67. The molecule has 2 rings (SSSR count). The standard InChI is InChI=1S/C13H16O2S/c14-16(15,13-10-6-3-7-11-13)12-8-4-1-2-5-9-12/h3-4,6-8,10-12H,1-2,5,9H2/t12-/m1/s1. The molecule has 0 saturated carbocycles. The van der Waals surface area contributed by atoms with Gasteiger partial charge in [-0.2, -0.15) is 0 Å². The van der Waals surface area contributed by atoms with Gasteiger partial charge in [-0.3, -0.25) is 0 Å². The SMILES string of the molecule is O=S(=O)(c1ccccc1)[C@@H]1C=CCCCC1. The molecule has 1 aromatic carbocycles. The van der Waals surface area contributed by atoms with Crippen LogP contribution in [0.4, 0.5) is 0 Å². The number of hydrogen-bond donors (Lipinski definition) is 0. The predicted octanol–water partition coefficient (Wildman–Crippen LogP) is 2.96. The first kappa shape index (κ1) is 11.4. The van der Waals surface area contributed by atoms with Gasteiger partial charge in [-0.05, 0) is 31.4 Å². The van der Waals surface area contributed by atoms with Crippen molar-refractivity contribution in [3.05, 3.63) is 42.5 Å². The first-order valence-corrected chi connectivity index (χ1v) is 7.21. The molecule has 16 heavy (non-hydrogen) atoms. The average molecular weight is 236 g/mol. The molecule has 0 aliphatic heterocycles. The van der Waals surface area contributed by atoms with Crippen LogP contribution >= 0.6 is 0 Å². The van der Waals surface area contributed by atoms with Crippen LogP contribution < -0.4 is 0 Å². The smallest absolute Gasteiger partial charge is 0.184 e. The first-order chi connectivity index (χ1) is 7.71. The Hall–Kier alpha value is -1.09. The maximum absolute atomic E-state index is 12.3. The predicted molar refractivity (Wildman–Crippen MR) is 65.0 cm³/mol. The topological polar surface area (TPSA) is 34.1 Å². The van der Waals surface area contributed by atoms with Crippen molar-refractivity contribution in [3.63, 3.8) is 0 Å². The van der Waals surface area contributed by atoms with Gasteiger partial charge in [-0.15, -0.1) is 0 Å². The van der Waals surface area contributed by atoms with Gasteiger partial charge in [0.15, 0.2) is 9.84 Å². The lowest BCUT2D eigenvalue weighted by atomic mass is 10.2. The Bertz CT molecular complexity index is 460. The summed E-state index contributed by atoms with van der Waals surface area (Å²) < 4.78 is 24.6. The number of benzene rings is 1. The molecule has 0 aromatic heterocycles. The van der Waals surface area contributed by atoms with Crippen LogP contribution in [-0.4, -0.2) is 13.7 Å². The molecule has 2 nitrogen and oxygen atoms in total. The third-order valence-corrected chi connectivity index (χ3v) is 5.05. The van der Waals surface area contributed by atoms with E-state index in [4.69, 9.17) is 0 Å². The minimum atomic E-state index is -3.17. The van der Waals surface area contributed by atoms with E-state index < -0.39 is 9.84 Å². The Balaban J connectivity index is 2.31. The summed E-state index contributed by atoms with van der Waals surface area (Å²) in [6.07, 6.45) is 7.68. The molecule has 0 spiro atoms. The fraction of sp³-hybridized carbons (Fsp3) is 0.385. The third-order valence-electron chi connectivity index (χ3n) is 2.93. The molecule has 1 aromatic rings. The minimum absolute atomic E-state index is 0.336. The van der Waals surface area contributed by atoms with Gasteiger partial charge < -0.3 is 0 Å². The van der Waals surface area contributed by atoms with Crippen LogP contribution in [0.3, 0.4) is 0 Å². The van der Waals surface area contributed by atoms with E-state index in [2.05, 4.69) is 0 Å². The number of sulfone groups is 1. The van der Waals surface area contributed by atoms with Gasteiger partial charge in [0.25, 0.3) is 0 Å². The summed E-state index contributed by atoms with van der Waals surface area (Å²) in [5.74, 6) is 0. The summed E-state index contributed by atoms with van der Waals surface area (Å²) in [5.41, 5.74) is 0. The molecule has 0 heterocycles. The molecule has 86 valence electrons. The van der Waals surface area contributed by atoms with Crippen LogP contribution in [-0.2, 0) is 9.84 Å². The van der Waals surface area contributed by atoms with E-state index in [0.717, 1.165) is 25.7 Å². The molecule has 0 unspecified atom stereocenters. The summed E-state index contributed by atoms with van der Waals surface area (Å²) in [6.45, 7) is 0. The lowest BCUT2D eigenvalue weighted by molar-refractivity contribution is 0.580. The second-order valence-electron chi connectivity index (χ2n) is 4.11. The van der Waals surface area contributed by atoms with Crippen LogP contribution in [0.15, 0.2) is 47.4 Å². The summed E-state index contributed by atoms with van der Waals surface area (Å²) in [5, 5.41) is -0.336. The van der Waals surface area contributed by atoms with Crippen LogP contribution in [0.1, 0.15) is 25.7 Å². The van der Waals surface area contributed by atoms with Crippen molar-refractivity contribution in [2.45, 2.75) is 35.8 Å². The Kier molecular flexibility index (Phi) is 3.44. The second kappa shape index (κ2) is 4.83. The van der Waals surface area contributed by atoms with E-state index >= 15 is 0 Å². The van der Waals surface area contributed by atoms with Crippen LogP contribution in [0.25, 0.3) is 0 Å². The fourth-order valence-electron chi connectivity index (χ4n) is 2.00. The van der Waals surface area contributed by atoms with Gasteiger partial charge in [0.1, 0.15) is 0 Å². The van der Waals surface area contributed by atoms with Crippen LogP contribution in [0.2, 0.25) is 0 Å². The number of allylic oxidation sites excluding steroid dienone is 1. The van der Waals surface area contributed by atoms with Crippen LogP contribution in [0, 0.1) is 0 Å². The molecule has 3 heteroatoms. The molecule has 1 aliphatic rings. The van der Waals surface area contributed by atoms with Crippen molar-refractivity contribution >= 4 is 9.84 Å². The van der Waals surface area contributed by atoms with E-state index in [0.29, 0.717) is 4.90 Å². The van der Waals surface area contributed by atoms with Crippen molar-refractivity contribution in [1.82, 2.24) is 0 Å². The third kappa shape index (κ3) is 2.35. The van der Waals surface area contributed by atoms with Crippen molar-refractivity contribution in [2.75, 3.05) is 0 Å². The number of hydrogen-bond acceptors (Lipinski definition) is 2. The highest BCUT2D eigenvalue weighted by Crippen LogP contribution is 2.23.